The number of anilines is 1. The van der Waals surface area contributed by atoms with E-state index in [9.17, 15) is 9.90 Å². The van der Waals surface area contributed by atoms with Crippen LogP contribution in [0.2, 0.25) is 0 Å². The quantitative estimate of drug-likeness (QED) is 0.943. The predicted octanol–water partition coefficient (Wildman–Crippen LogP) is 2.75. The molecule has 1 fully saturated rings. The maximum Gasteiger partial charge on any atom is 0.308 e. The average molecular weight is 297 g/mol. The van der Waals surface area contributed by atoms with Crippen molar-refractivity contribution in [1.29, 1.82) is 0 Å². The Kier molecular flexibility index (Phi) is 4.04. The first-order valence-corrected chi connectivity index (χ1v) is 7.52. The van der Waals surface area contributed by atoms with Gasteiger partial charge in [-0.05, 0) is 31.4 Å². The number of hydrogen-bond donors (Lipinski definition) is 1. The van der Waals surface area contributed by atoms with Crippen LogP contribution in [-0.2, 0) is 4.79 Å². The summed E-state index contributed by atoms with van der Waals surface area (Å²) in [6.07, 6.45) is 3.36. The molecule has 1 unspecified atom stereocenters. The van der Waals surface area contributed by atoms with Gasteiger partial charge in [0.05, 0.1) is 5.92 Å². The lowest BCUT2D eigenvalue weighted by Crippen LogP contribution is -2.39. The molecular formula is C17H19N3O2. The number of benzene rings is 1. The van der Waals surface area contributed by atoms with Crippen molar-refractivity contribution in [3.05, 3.63) is 42.1 Å². The van der Waals surface area contributed by atoms with Gasteiger partial charge in [0.25, 0.3) is 0 Å². The van der Waals surface area contributed by atoms with Crippen LogP contribution in [-0.4, -0.2) is 34.1 Å². The molecule has 0 bridgehead atoms. The minimum atomic E-state index is -0.724. The van der Waals surface area contributed by atoms with E-state index >= 15 is 0 Å². The Hall–Kier alpha value is -2.43. The Labute approximate surface area is 129 Å². The van der Waals surface area contributed by atoms with Crippen LogP contribution in [0.4, 0.5) is 5.82 Å². The van der Waals surface area contributed by atoms with E-state index in [1.165, 1.54) is 0 Å². The molecule has 2 aromatic rings. The van der Waals surface area contributed by atoms with Crippen LogP contribution in [0.1, 0.15) is 18.4 Å². The number of piperidine rings is 1. The van der Waals surface area contributed by atoms with Crippen molar-refractivity contribution < 1.29 is 9.90 Å². The summed E-state index contributed by atoms with van der Waals surface area (Å²) in [5.41, 5.74) is 2.14. The molecule has 1 saturated heterocycles. The lowest BCUT2D eigenvalue weighted by atomic mass is 9.98. The Morgan fingerprint density at radius 3 is 2.91 bits per heavy atom. The zero-order valence-electron chi connectivity index (χ0n) is 12.6. The summed E-state index contributed by atoms with van der Waals surface area (Å²) in [4.78, 5) is 22.3. The second kappa shape index (κ2) is 6.13. The van der Waals surface area contributed by atoms with Crippen LogP contribution < -0.4 is 4.90 Å². The highest BCUT2D eigenvalue weighted by Gasteiger charge is 2.26. The van der Waals surface area contributed by atoms with Crippen LogP contribution in [0.5, 0.6) is 0 Å². The topological polar surface area (TPSA) is 66.3 Å². The van der Waals surface area contributed by atoms with Gasteiger partial charge < -0.3 is 10.0 Å². The van der Waals surface area contributed by atoms with E-state index in [0.29, 0.717) is 12.4 Å². The molecular weight excluding hydrogens is 278 g/mol. The molecule has 1 aromatic heterocycles. The molecule has 0 radical (unpaired) electrons. The highest BCUT2D eigenvalue weighted by atomic mass is 16.4. The monoisotopic (exact) mass is 297 g/mol. The van der Waals surface area contributed by atoms with Crippen LogP contribution in [0.25, 0.3) is 11.4 Å². The number of aryl methyl sites for hydroxylation is 1. The molecule has 1 N–H and O–H groups in total. The van der Waals surface area contributed by atoms with E-state index in [1.54, 1.807) is 6.20 Å². The highest BCUT2D eigenvalue weighted by Crippen LogP contribution is 2.25. The molecule has 5 heteroatoms. The van der Waals surface area contributed by atoms with Gasteiger partial charge in [-0.1, -0.05) is 24.3 Å². The average Bonchev–Trinajstić information content (AvgIpc) is 2.55. The molecule has 3 rings (SSSR count). The number of hydrogen-bond acceptors (Lipinski definition) is 4. The van der Waals surface area contributed by atoms with E-state index < -0.39 is 5.97 Å². The van der Waals surface area contributed by atoms with E-state index in [0.717, 1.165) is 36.3 Å². The predicted molar refractivity (Wildman–Crippen MR) is 84.8 cm³/mol. The number of aliphatic carboxylic acids is 1. The second-order valence-corrected chi connectivity index (χ2v) is 5.68. The number of rotatable bonds is 3. The summed E-state index contributed by atoms with van der Waals surface area (Å²) in [6.45, 7) is 3.39. The van der Waals surface area contributed by atoms with Gasteiger partial charge >= 0.3 is 5.97 Å². The standard InChI is InChI=1S/C17H19N3O2/c1-12-5-2-3-7-14(12)16-18-9-8-15(19-16)20-10-4-6-13(11-20)17(21)22/h2-3,5,7-9,13H,4,6,10-11H2,1H3,(H,21,22). The molecule has 1 aliphatic heterocycles. The summed E-state index contributed by atoms with van der Waals surface area (Å²) in [6, 6.07) is 9.86. The molecule has 2 heterocycles. The maximum atomic E-state index is 11.2. The number of carboxylic acid groups (broad SMARTS) is 1. The molecule has 22 heavy (non-hydrogen) atoms. The van der Waals surface area contributed by atoms with Crippen LogP contribution >= 0.6 is 0 Å². The van der Waals surface area contributed by atoms with E-state index in [1.807, 2.05) is 42.2 Å². The van der Waals surface area contributed by atoms with Crippen molar-refractivity contribution >= 4 is 11.8 Å². The van der Waals surface area contributed by atoms with Gasteiger partial charge in [0.2, 0.25) is 0 Å². The first-order chi connectivity index (χ1) is 10.6. The molecule has 0 amide bonds. The van der Waals surface area contributed by atoms with Crippen LogP contribution in [0.15, 0.2) is 36.5 Å². The normalized spacial score (nSPS) is 18.2. The molecule has 5 nitrogen and oxygen atoms in total. The summed E-state index contributed by atoms with van der Waals surface area (Å²) >= 11 is 0. The van der Waals surface area contributed by atoms with Crippen molar-refractivity contribution in [2.75, 3.05) is 18.0 Å². The summed E-state index contributed by atoms with van der Waals surface area (Å²) in [5, 5.41) is 9.21. The fourth-order valence-corrected chi connectivity index (χ4v) is 2.87. The third kappa shape index (κ3) is 2.93. The van der Waals surface area contributed by atoms with Crippen molar-refractivity contribution in [2.24, 2.45) is 5.92 Å². The molecule has 0 spiro atoms. The van der Waals surface area contributed by atoms with Crippen molar-refractivity contribution in [1.82, 2.24) is 9.97 Å². The van der Waals surface area contributed by atoms with Crippen molar-refractivity contribution in [3.8, 4) is 11.4 Å². The van der Waals surface area contributed by atoms with Crippen molar-refractivity contribution in [3.63, 3.8) is 0 Å². The molecule has 1 aromatic carbocycles. The third-order valence-electron chi connectivity index (χ3n) is 4.12. The highest BCUT2D eigenvalue weighted by molar-refractivity contribution is 5.71. The summed E-state index contributed by atoms with van der Waals surface area (Å²) in [7, 11) is 0. The Morgan fingerprint density at radius 1 is 1.32 bits per heavy atom. The minimum Gasteiger partial charge on any atom is -0.481 e. The molecule has 114 valence electrons. The third-order valence-corrected chi connectivity index (χ3v) is 4.12. The molecule has 1 atom stereocenters. The van der Waals surface area contributed by atoms with Gasteiger partial charge in [-0.2, -0.15) is 0 Å². The summed E-state index contributed by atoms with van der Waals surface area (Å²) < 4.78 is 0. The zero-order chi connectivity index (χ0) is 15.5. The largest absolute Gasteiger partial charge is 0.481 e. The fourth-order valence-electron chi connectivity index (χ4n) is 2.87. The van der Waals surface area contributed by atoms with Gasteiger partial charge in [-0.25, -0.2) is 9.97 Å². The maximum absolute atomic E-state index is 11.2. The van der Waals surface area contributed by atoms with E-state index in [-0.39, 0.29) is 5.92 Å². The van der Waals surface area contributed by atoms with Gasteiger partial charge in [0.1, 0.15) is 5.82 Å². The van der Waals surface area contributed by atoms with Crippen LogP contribution in [0.3, 0.4) is 0 Å². The Morgan fingerprint density at radius 2 is 2.14 bits per heavy atom. The Bertz CT molecular complexity index is 687. The SMILES string of the molecule is Cc1ccccc1-c1nccc(N2CCCC(C(=O)O)C2)n1. The van der Waals surface area contributed by atoms with E-state index in [4.69, 9.17) is 0 Å². The van der Waals surface area contributed by atoms with Gasteiger partial charge in [-0.3, -0.25) is 4.79 Å². The second-order valence-electron chi connectivity index (χ2n) is 5.68. The number of aromatic nitrogens is 2. The molecule has 1 aliphatic rings. The fraction of sp³-hybridized carbons (Fsp3) is 0.353. The zero-order valence-corrected chi connectivity index (χ0v) is 12.6. The van der Waals surface area contributed by atoms with Gasteiger partial charge in [0, 0.05) is 24.8 Å². The number of nitrogens with zero attached hydrogens (tertiary/aromatic N) is 3. The number of carbonyl (C=O) groups is 1. The van der Waals surface area contributed by atoms with Gasteiger partial charge in [-0.15, -0.1) is 0 Å². The summed E-state index contributed by atoms with van der Waals surface area (Å²) in [5.74, 6) is 0.454. The lowest BCUT2D eigenvalue weighted by molar-refractivity contribution is -0.141. The van der Waals surface area contributed by atoms with Gasteiger partial charge in [0.15, 0.2) is 5.82 Å². The van der Waals surface area contributed by atoms with E-state index in [2.05, 4.69) is 9.97 Å². The smallest absolute Gasteiger partial charge is 0.308 e. The molecule has 0 saturated carbocycles. The lowest BCUT2D eigenvalue weighted by Gasteiger charge is -2.31. The van der Waals surface area contributed by atoms with Crippen molar-refractivity contribution in [2.45, 2.75) is 19.8 Å². The number of carboxylic acids is 1. The van der Waals surface area contributed by atoms with Crippen LogP contribution in [0, 0.1) is 12.8 Å². The Balaban J connectivity index is 1.88. The minimum absolute atomic E-state index is 0.314. The molecule has 0 aliphatic carbocycles. The first-order valence-electron chi connectivity index (χ1n) is 7.52. The first kappa shape index (κ1) is 14.5.